The quantitative estimate of drug-likeness (QED) is 0.258. The monoisotopic (exact) mass is 538 g/mol. The molecule has 0 amide bonds. The maximum Gasteiger partial charge on any atom is 0.308 e. The van der Waals surface area contributed by atoms with Crippen molar-refractivity contribution in [2.24, 2.45) is 0 Å². The zero-order chi connectivity index (χ0) is 28.7. The minimum atomic E-state index is -1.38. The van der Waals surface area contributed by atoms with Crippen molar-refractivity contribution < 1.29 is 57.1 Å². The van der Waals surface area contributed by atoms with E-state index in [9.17, 15) is 24.0 Å². The Morgan fingerprint density at radius 2 is 1.32 bits per heavy atom. The number of ether oxygens (including phenoxy) is 7. The van der Waals surface area contributed by atoms with Crippen LogP contribution in [0.1, 0.15) is 65.5 Å². The lowest BCUT2D eigenvalue weighted by Gasteiger charge is -2.44. The van der Waals surface area contributed by atoms with Crippen molar-refractivity contribution in [1.29, 1.82) is 0 Å². The number of rotatable bonds is 9. The van der Waals surface area contributed by atoms with E-state index in [0.717, 1.165) is 20.8 Å². The molecule has 1 aromatic carbocycles. The van der Waals surface area contributed by atoms with Gasteiger partial charge in [-0.15, -0.1) is 0 Å². The van der Waals surface area contributed by atoms with Crippen molar-refractivity contribution in [3.05, 3.63) is 23.3 Å². The third-order valence-corrected chi connectivity index (χ3v) is 5.37. The third-order valence-electron chi connectivity index (χ3n) is 5.37. The SMILES string of the molecule is CC(=O)OC[C@@H]1O[C@H](Oc2cc(C(C)C)c(OC(C)=O)cc2C)[C@@H](OC(C)=O)[C@H](OC(C)=O)[C@H]1OC(C)=O. The van der Waals surface area contributed by atoms with Crippen LogP contribution in [0.25, 0.3) is 0 Å². The fraction of sp³-hybridized carbons (Fsp3) is 0.577. The predicted molar refractivity (Wildman–Crippen MR) is 129 cm³/mol. The zero-order valence-electron chi connectivity index (χ0n) is 22.7. The summed E-state index contributed by atoms with van der Waals surface area (Å²) in [4.78, 5) is 59.0. The van der Waals surface area contributed by atoms with Gasteiger partial charge in [0.1, 0.15) is 24.2 Å². The summed E-state index contributed by atoms with van der Waals surface area (Å²) in [5.41, 5.74) is 1.21. The molecule has 2 rings (SSSR count). The van der Waals surface area contributed by atoms with Gasteiger partial charge in [0.15, 0.2) is 12.2 Å². The van der Waals surface area contributed by atoms with E-state index in [1.807, 2.05) is 13.8 Å². The first-order chi connectivity index (χ1) is 17.7. The standard InChI is InChI=1S/C26H34O12/c1-12(2)19-10-20(13(3)9-21(19)33-15(5)28)37-26-25(36-18(8)31)24(35-17(7)30)23(34-16(6)29)22(38-26)11-32-14(4)27/h9-10,12,22-26H,11H2,1-8H3/t22-,23-,24+,25-,26-/m0/s1. The lowest BCUT2D eigenvalue weighted by atomic mass is 9.97. The summed E-state index contributed by atoms with van der Waals surface area (Å²) in [6.45, 7) is 11.0. The van der Waals surface area contributed by atoms with Crippen LogP contribution < -0.4 is 9.47 Å². The molecule has 1 aromatic rings. The highest BCUT2D eigenvalue weighted by Crippen LogP contribution is 2.36. The number of carbonyl (C=O) groups excluding carboxylic acids is 5. The Morgan fingerprint density at radius 1 is 0.763 bits per heavy atom. The van der Waals surface area contributed by atoms with Crippen LogP contribution >= 0.6 is 0 Å². The van der Waals surface area contributed by atoms with E-state index >= 15 is 0 Å². The van der Waals surface area contributed by atoms with E-state index in [2.05, 4.69) is 0 Å². The second kappa shape index (κ2) is 13.2. The summed E-state index contributed by atoms with van der Waals surface area (Å²) in [7, 11) is 0. The number of esters is 5. The second-order valence-electron chi connectivity index (χ2n) is 9.09. The van der Waals surface area contributed by atoms with Crippen LogP contribution in [0.15, 0.2) is 12.1 Å². The number of carbonyl (C=O) groups is 5. The highest BCUT2D eigenvalue weighted by Gasteiger charge is 2.53. The van der Waals surface area contributed by atoms with Gasteiger partial charge in [-0.1, -0.05) is 13.8 Å². The Balaban J connectivity index is 2.58. The van der Waals surface area contributed by atoms with E-state index in [0.29, 0.717) is 22.6 Å². The van der Waals surface area contributed by atoms with E-state index < -0.39 is 60.6 Å². The lowest BCUT2D eigenvalue weighted by Crippen LogP contribution is -2.63. The van der Waals surface area contributed by atoms with E-state index in [1.165, 1.54) is 13.8 Å². The van der Waals surface area contributed by atoms with Crippen molar-refractivity contribution in [2.75, 3.05) is 6.61 Å². The number of benzene rings is 1. The van der Waals surface area contributed by atoms with Gasteiger partial charge in [0.05, 0.1) is 0 Å². The minimum absolute atomic E-state index is 0.0669. The molecule has 1 aliphatic heterocycles. The van der Waals surface area contributed by atoms with Gasteiger partial charge in [0.25, 0.3) is 0 Å². The first-order valence-corrected chi connectivity index (χ1v) is 12.0. The normalized spacial score (nSPS) is 22.7. The number of aryl methyl sites for hydroxylation is 1. The molecular weight excluding hydrogens is 504 g/mol. The van der Waals surface area contributed by atoms with Crippen molar-refractivity contribution in [3.63, 3.8) is 0 Å². The Kier molecular flexibility index (Phi) is 10.6. The third kappa shape index (κ3) is 8.44. The van der Waals surface area contributed by atoms with Crippen molar-refractivity contribution in [3.8, 4) is 11.5 Å². The molecule has 38 heavy (non-hydrogen) atoms. The summed E-state index contributed by atoms with van der Waals surface area (Å²) in [5, 5.41) is 0. The Hall–Kier alpha value is -3.67. The fourth-order valence-electron chi connectivity index (χ4n) is 3.91. The van der Waals surface area contributed by atoms with Crippen LogP contribution in [-0.4, -0.2) is 67.2 Å². The highest BCUT2D eigenvalue weighted by molar-refractivity contribution is 5.70. The Morgan fingerprint density at radius 3 is 1.82 bits per heavy atom. The van der Waals surface area contributed by atoms with Gasteiger partial charge in [0.2, 0.25) is 12.4 Å². The van der Waals surface area contributed by atoms with Crippen LogP contribution in [0.3, 0.4) is 0 Å². The van der Waals surface area contributed by atoms with Crippen molar-refractivity contribution >= 4 is 29.8 Å². The van der Waals surface area contributed by atoms with Gasteiger partial charge in [-0.05, 0) is 30.5 Å². The first-order valence-electron chi connectivity index (χ1n) is 12.0. The minimum Gasteiger partial charge on any atom is -0.463 e. The van der Waals surface area contributed by atoms with E-state index in [4.69, 9.17) is 33.2 Å². The van der Waals surface area contributed by atoms with Crippen LogP contribution in [0.4, 0.5) is 0 Å². The molecule has 0 unspecified atom stereocenters. The average Bonchev–Trinajstić information content (AvgIpc) is 2.76. The molecule has 0 saturated carbocycles. The van der Waals surface area contributed by atoms with Crippen molar-refractivity contribution in [2.45, 2.75) is 92.0 Å². The van der Waals surface area contributed by atoms with Crippen LogP contribution in [0.2, 0.25) is 0 Å². The fourth-order valence-corrected chi connectivity index (χ4v) is 3.91. The molecule has 12 heteroatoms. The van der Waals surface area contributed by atoms with Gasteiger partial charge in [-0.2, -0.15) is 0 Å². The van der Waals surface area contributed by atoms with Crippen LogP contribution in [-0.2, 0) is 47.7 Å². The van der Waals surface area contributed by atoms with Gasteiger partial charge in [-0.3, -0.25) is 24.0 Å². The molecule has 0 bridgehead atoms. The maximum absolute atomic E-state index is 12.0. The molecule has 1 heterocycles. The summed E-state index contributed by atoms with van der Waals surface area (Å²) in [6, 6.07) is 3.28. The number of hydrogen-bond donors (Lipinski definition) is 0. The first kappa shape index (κ1) is 30.6. The summed E-state index contributed by atoms with van der Waals surface area (Å²) < 4.78 is 38.8. The molecule has 5 atom stereocenters. The highest BCUT2D eigenvalue weighted by atomic mass is 16.7. The van der Waals surface area contributed by atoms with Gasteiger partial charge in [-0.25, -0.2) is 0 Å². The van der Waals surface area contributed by atoms with Gasteiger partial charge in [0, 0.05) is 40.2 Å². The van der Waals surface area contributed by atoms with E-state index in [-0.39, 0.29) is 12.5 Å². The molecule has 1 aliphatic rings. The predicted octanol–water partition coefficient (Wildman–Crippen LogP) is 2.51. The maximum atomic E-state index is 12.0. The Bertz CT molecular complexity index is 1060. The molecule has 1 saturated heterocycles. The Labute approximate surface area is 220 Å². The smallest absolute Gasteiger partial charge is 0.308 e. The summed E-state index contributed by atoms with van der Waals surface area (Å²) in [5.74, 6) is -2.75. The summed E-state index contributed by atoms with van der Waals surface area (Å²) >= 11 is 0. The average molecular weight is 539 g/mol. The lowest BCUT2D eigenvalue weighted by molar-refractivity contribution is -0.288. The van der Waals surface area contributed by atoms with Crippen LogP contribution in [0.5, 0.6) is 11.5 Å². The molecule has 210 valence electrons. The number of hydrogen-bond acceptors (Lipinski definition) is 12. The molecular formula is C26H34O12. The van der Waals surface area contributed by atoms with Crippen molar-refractivity contribution in [1.82, 2.24) is 0 Å². The van der Waals surface area contributed by atoms with Crippen LogP contribution in [0, 0.1) is 6.92 Å². The largest absolute Gasteiger partial charge is 0.463 e. The van der Waals surface area contributed by atoms with Gasteiger partial charge >= 0.3 is 29.8 Å². The molecule has 0 N–H and O–H groups in total. The summed E-state index contributed by atoms with van der Waals surface area (Å²) in [6.07, 6.45) is -6.55. The zero-order valence-corrected chi connectivity index (χ0v) is 22.7. The molecule has 0 aliphatic carbocycles. The topological polar surface area (TPSA) is 150 Å². The molecule has 1 fully saturated rings. The molecule has 0 spiro atoms. The van der Waals surface area contributed by atoms with Gasteiger partial charge < -0.3 is 33.2 Å². The second-order valence-corrected chi connectivity index (χ2v) is 9.09. The van der Waals surface area contributed by atoms with E-state index in [1.54, 1.807) is 19.1 Å². The molecule has 0 aromatic heterocycles. The molecule has 12 nitrogen and oxygen atoms in total. The molecule has 0 radical (unpaired) electrons.